The van der Waals surface area contributed by atoms with Crippen LogP contribution in [0.4, 0.5) is 0 Å². The van der Waals surface area contributed by atoms with Crippen LogP contribution in [0.1, 0.15) is 52.9 Å². The Morgan fingerprint density at radius 2 is 1.62 bits per heavy atom. The first kappa shape index (κ1) is 19.5. The normalized spacial score (nSPS) is 24.5. The molecule has 0 bridgehead atoms. The van der Waals surface area contributed by atoms with E-state index in [-0.39, 0.29) is 0 Å². The molecule has 0 aromatic heterocycles. The second-order valence-corrected chi connectivity index (χ2v) is 7.44. The summed E-state index contributed by atoms with van der Waals surface area (Å²) >= 11 is 0. The minimum atomic E-state index is 0.580. The zero-order valence-corrected chi connectivity index (χ0v) is 16.2. The summed E-state index contributed by atoms with van der Waals surface area (Å²) in [6.45, 7) is 16.0. The lowest BCUT2D eigenvalue weighted by molar-refractivity contribution is 0.206. The first-order chi connectivity index (χ1) is 11.7. The molecule has 140 valence electrons. The molecule has 2 aliphatic heterocycles. The molecule has 2 rings (SSSR count). The largest absolute Gasteiger partial charge is 0.357 e. The van der Waals surface area contributed by atoms with Crippen LogP contribution in [0.3, 0.4) is 0 Å². The van der Waals surface area contributed by atoms with Crippen LogP contribution >= 0.6 is 0 Å². The Bertz CT molecular complexity index is 363. The monoisotopic (exact) mass is 337 g/mol. The van der Waals surface area contributed by atoms with E-state index in [1.165, 1.54) is 71.4 Å². The van der Waals surface area contributed by atoms with Crippen molar-refractivity contribution in [3.05, 3.63) is 0 Å². The van der Waals surface area contributed by atoms with Crippen LogP contribution in [0.15, 0.2) is 4.99 Å². The summed E-state index contributed by atoms with van der Waals surface area (Å²) in [5.74, 6) is 1.76. The van der Waals surface area contributed by atoms with E-state index in [2.05, 4.69) is 41.2 Å². The third kappa shape index (κ3) is 6.60. The van der Waals surface area contributed by atoms with E-state index in [1.54, 1.807) is 0 Å². The molecule has 2 N–H and O–H groups in total. The van der Waals surface area contributed by atoms with Crippen LogP contribution in [-0.4, -0.2) is 74.2 Å². The van der Waals surface area contributed by atoms with Gasteiger partial charge in [-0.2, -0.15) is 0 Å². The van der Waals surface area contributed by atoms with Gasteiger partial charge >= 0.3 is 0 Å². The number of likely N-dealkylation sites (tertiary alicyclic amines) is 2. The lowest BCUT2D eigenvalue weighted by atomic mass is 10.1. The molecule has 5 nitrogen and oxygen atoms in total. The van der Waals surface area contributed by atoms with E-state index in [0.717, 1.165) is 25.0 Å². The minimum Gasteiger partial charge on any atom is -0.357 e. The highest BCUT2D eigenvalue weighted by molar-refractivity contribution is 5.80. The smallest absolute Gasteiger partial charge is 0.191 e. The highest BCUT2D eigenvalue weighted by Crippen LogP contribution is 2.16. The number of piperidine rings is 1. The van der Waals surface area contributed by atoms with E-state index in [4.69, 9.17) is 4.99 Å². The zero-order chi connectivity index (χ0) is 17.2. The molecule has 0 radical (unpaired) electrons. The maximum absolute atomic E-state index is 4.89. The van der Waals surface area contributed by atoms with Gasteiger partial charge in [0, 0.05) is 38.8 Å². The molecule has 0 aliphatic carbocycles. The van der Waals surface area contributed by atoms with Crippen LogP contribution in [0.2, 0.25) is 0 Å². The van der Waals surface area contributed by atoms with E-state index in [9.17, 15) is 0 Å². The van der Waals surface area contributed by atoms with Gasteiger partial charge in [-0.25, -0.2) is 0 Å². The van der Waals surface area contributed by atoms with Gasteiger partial charge < -0.3 is 20.4 Å². The Morgan fingerprint density at radius 1 is 0.958 bits per heavy atom. The van der Waals surface area contributed by atoms with E-state index >= 15 is 0 Å². The zero-order valence-electron chi connectivity index (χ0n) is 16.2. The van der Waals surface area contributed by atoms with Crippen LogP contribution < -0.4 is 10.6 Å². The van der Waals surface area contributed by atoms with Crippen molar-refractivity contribution < 1.29 is 0 Å². The fourth-order valence-corrected chi connectivity index (χ4v) is 3.93. The molecular formula is C19H39N5. The van der Waals surface area contributed by atoms with Crippen LogP contribution in [0.25, 0.3) is 0 Å². The van der Waals surface area contributed by atoms with Crippen molar-refractivity contribution >= 4 is 5.96 Å². The minimum absolute atomic E-state index is 0.580. The second kappa shape index (κ2) is 10.9. The number of guanidine groups is 1. The van der Waals surface area contributed by atoms with Crippen molar-refractivity contribution in [2.24, 2.45) is 10.9 Å². The quantitative estimate of drug-likeness (QED) is 0.526. The summed E-state index contributed by atoms with van der Waals surface area (Å²) in [7, 11) is 0. The van der Waals surface area contributed by atoms with E-state index in [0.29, 0.717) is 6.04 Å². The summed E-state index contributed by atoms with van der Waals surface area (Å²) in [5, 5.41) is 7.12. The molecule has 24 heavy (non-hydrogen) atoms. The van der Waals surface area contributed by atoms with Gasteiger partial charge in [0.05, 0.1) is 0 Å². The van der Waals surface area contributed by atoms with Crippen LogP contribution in [0.5, 0.6) is 0 Å². The number of hydrogen-bond donors (Lipinski definition) is 2. The maximum atomic E-state index is 4.89. The summed E-state index contributed by atoms with van der Waals surface area (Å²) in [6.07, 6.45) is 6.30. The van der Waals surface area contributed by atoms with E-state index < -0.39 is 0 Å². The Kier molecular flexibility index (Phi) is 8.89. The Labute approximate surface area is 149 Å². The molecule has 2 aliphatic rings. The van der Waals surface area contributed by atoms with Gasteiger partial charge in [-0.05, 0) is 64.6 Å². The molecule has 2 heterocycles. The predicted molar refractivity (Wildman–Crippen MR) is 104 cm³/mol. The molecule has 2 fully saturated rings. The first-order valence-electron chi connectivity index (χ1n) is 10.2. The van der Waals surface area contributed by atoms with Crippen LogP contribution in [0, 0.1) is 5.92 Å². The molecule has 1 atom stereocenters. The van der Waals surface area contributed by atoms with Gasteiger partial charge in [0.1, 0.15) is 0 Å². The highest BCUT2D eigenvalue weighted by Gasteiger charge is 2.22. The van der Waals surface area contributed by atoms with Crippen molar-refractivity contribution in [1.29, 1.82) is 0 Å². The second-order valence-electron chi connectivity index (χ2n) is 7.44. The lowest BCUT2D eigenvalue weighted by Gasteiger charge is -2.32. The van der Waals surface area contributed by atoms with Crippen LogP contribution in [-0.2, 0) is 0 Å². The number of rotatable bonds is 8. The third-order valence-electron chi connectivity index (χ3n) is 5.23. The van der Waals surface area contributed by atoms with Crippen molar-refractivity contribution in [3.8, 4) is 0 Å². The molecule has 1 unspecified atom stereocenters. The summed E-state index contributed by atoms with van der Waals surface area (Å²) in [4.78, 5) is 10.1. The van der Waals surface area contributed by atoms with Gasteiger partial charge in [0.15, 0.2) is 5.96 Å². The van der Waals surface area contributed by atoms with Gasteiger partial charge in [-0.3, -0.25) is 4.99 Å². The van der Waals surface area contributed by atoms with Crippen molar-refractivity contribution in [1.82, 2.24) is 20.4 Å². The number of nitrogens with zero attached hydrogens (tertiary/aromatic N) is 3. The third-order valence-corrected chi connectivity index (χ3v) is 5.23. The molecule has 0 aromatic carbocycles. The fraction of sp³-hybridized carbons (Fsp3) is 0.947. The molecule has 0 aromatic rings. The summed E-state index contributed by atoms with van der Waals surface area (Å²) < 4.78 is 0. The molecule has 5 heteroatoms. The number of hydrogen-bond acceptors (Lipinski definition) is 3. The molecule has 0 amide bonds. The maximum Gasteiger partial charge on any atom is 0.191 e. The van der Waals surface area contributed by atoms with Crippen molar-refractivity contribution in [3.63, 3.8) is 0 Å². The van der Waals surface area contributed by atoms with Gasteiger partial charge in [-0.1, -0.05) is 13.8 Å². The Balaban J connectivity index is 1.75. The predicted octanol–water partition coefficient (Wildman–Crippen LogP) is 2.15. The molecule has 2 saturated heterocycles. The topological polar surface area (TPSA) is 42.9 Å². The van der Waals surface area contributed by atoms with Crippen molar-refractivity contribution in [2.75, 3.05) is 52.4 Å². The SMILES string of the molecule is CCCN1CCC(NC(=NCC2CCN(CCC)C2)NCC)CC1. The van der Waals surface area contributed by atoms with E-state index in [1.807, 2.05) is 0 Å². The Hall–Kier alpha value is -0.810. The number of nitrogens with one attached hydrogen (secondary N) is 2. The van der Waals surface area contributed by atoms with Gasteiger partial charge in [0.25, 0.3) is 0 Å². The van der Waals surface area contributed by atoms with Gasteiger partial charge in [0.2, 0.25) is 0 Å². The van der Waals surface area contributed by atoms with Crippen molar-refractivity contribution in [2.45, 2.75) is 58.9 Å². The molecule has 0 saturated carbocycles. The lowest BCUT2D eigenvalue weighted by Crippen LogP contribution is -2.48. The number of aliphatic imine (C=N–C) groups is 1. The first-order valence-corrected chi connectivity index (χ1v) is 10.2. The Morgan fingerprint density at radius 3 is 2.29 bits per heavy atom. The van der Waals surface area contributed by atoms with Gasteiger partial charge in [-0.15, -0.1) is 0 Å². The molecular weight excluding hydrogens is 298 g/mol. The summed E-state index contributed by atoms with van der Waals surface area (Å²) in [5.41, 5.74) is 0. The fourth-order valence-electron chi connectivity index (χ4n) is 3.93. The summed E-state index contributed by atoms with van der Waals surface area (Å²) in [6, 6.07) is 0.580. The average molecular weight is 338 g/mol. The highest BCUT2D eigenvalue weighted by atomic mass is 15.2. The standard InChI is InChI=1S/C19H39N5/c1-4-10-23-13-8-18(9-14-23)22-19(20-6-3)21-15-17-7-12-24(16-17)11-5-2/h17-18H,4-16H2,1-3H3,(H2,20,21,22). The molecule has 0 spiro atoms. The average Bonchev–Trinajstić information content (AvgIpc) is 3.03.